The number of halogens is 1. The molecule has 3 heteroatoms. The number of benzene rings is 2. The van der Waals surface area contributed by atoms with Crippen molar-refractivity contribution in [3.63, 3.8) is 0 Å². The van der Waals surface area contributed by atoms with Gasteiger partial charge >= 0.3 is 0 Å². The largest absolute Gasteiger partial charge is 0.496 e. The second-order valence-corrected chi connectivity index (χ2v) is 5.86. The summed E-state index contributed by atoms with van der Waals surface area (Å²) in [5.41, 5.74) is 5.44. The molecule has 0 radical (unpaired) electrons. The quantitative estimate of drug-likeness (QED) is 0.898. The highest BCUT2D eigenvalue weighted by Crippen LogP contribution is 2.34. The molecule has 112 valence electrons. The average Bonchev–Trinajstić information content (AvgIpc) is 2.42. The number of aryl methyl sites for hydroxylation is 3. The molecule has 0 amide bonds. The number of aliphatic hydroxyl groups is 1. The van der Waals surface area contributed by atoms with E-state index in [0.29, 0.717) is 22.8 Å². The van der Waals surface area contributed by atoms with E-state index in [1.807, 2.05) is 12.1 Å². The lowest BCUT2D eigenvalue weighted by Crippen LogP contribution is -2.07. The van der Waals surface area contributed by atoms with Gasteiger partial charge in [-0.15, -0.1) is 0 Å². The summed E-state index contributed by atoms with van der Waals surface area (Å²) in [6.45, 7) is 6.23. The summed E-state index contributed by atoms with van der Waals surface area (Å²) in [6.07, 6.45) is -0.161. The lowest BCUT2D eigenvalue weighted by molar-refractivity contribution is 0.173. The predicted octanol–water partition coefficient (Wildman–Crippen LogP) is 4.55. The van der Waals surface area contributed by atoms with Crippen molar-refractivity contribution in [3.8, 4) is 5.75 Å². The molecule has 0 bridgehead atoms. The Bertz CT molecular complexity index is 627. The van der Waals surface area contributed by atoms with Crippen LogP contribution in [0.25, 0.3) is 0 Å². The summed E-state index contributed by atoms with van der Waals surface area (Å²) in [5.74, 6) is 0.623. The minimum Gasteiger partial charge on any atom is -0.496 e. The van der Waals surface area contributed by atoms with Gasteiger partial charge in [0.1, 0.15) is 5.75 Å². The van der Waals surface area contributed by atoms with Crippen molar-refractivity contribution in [3.05, 3.63) is 63.2 Å². The smallest absolute Gasteiger partial charge is 0.126 e. The van der Waals surface area contributed by atoms with Crippen molar-refractivity contribution in [1.82, 2.24) is 0 Å². The molecular weight excluding hydrogens is 284 g/mol. The van der Waals surface area contributed by atoms with Gasteiger partial charge in [-0.05, 0) is 49.6 Å². The van der Waals surface area contributed by atoms with Gasteiger partial charge in [-0.3, -0.25) is 0 Å². The zero-order valence-corrected chi connectivity index (χ0v) is 13.7. The fourth-order valence-electron chi connectivity index (χ4n) is 2.85. The Morgan fingerprint density at radius 2 is 1.76 bits per heavy atom. The monoisotopic (exact) mass is 304 g/mol. The van der Waals surface area contributed by atoms with E-state index in [0.717, 1.165) is 5.56 Å². The van der Waals surface area contributed by atoms with E-state index in [9.17, 15) is 5.11 Å². The van der Waals surface area contributed by atoms with Crippen LogP contribution >= 0.6 is 11.6 Å². The normalized spacial score (nSPS) is 12.3. The van der Waals surface area contributed by atoms with Crippen LogP contribution in [0.15, 0.2) is 30.3 Å². The van der Waals surface area contributed by atoms with Gasteiger partial charge < -0.3 is 9.84 Å². The predicted molar refractivity (Wildman–Crippen MR) is 87.3 cm³/mol. The Morgan fingerprint density at radius 1 is 1.14 bits per heavy atom. The molecule has 0 aliphatic rings. The van der Waals surface area contributed by atoms with E-state index >= 15 is 0 Å². The Hall–Kier alpha value is -1.51. The summed E-state index contributed by atoms with van der Waals surface area (Å²) in [7, 11) is 1.59. The van der Waals surface area contributed by atoms with E-state index in [2.05, 4.69) is 32.9 Å². The first-order valence-corrected chi connectivity index (χ1v) is 7.39. The van der Waals surface area contributed by atoms with Crippen LogP contribution in [0.2, 0.25) is 5.02 Å². The number of ether oxygens (including phenoxy) is 1. The molecule has 1 N–H and O–H groups in total. The molecule has 0 saturated heterocycles. The van der Waals surface area contributed by atoms with Crippen LogP contribution in [0.1, 0.15) is 33.9 Å². The van der Waals surface area contributed by atoms with Gasteiger partial charge in [0.25, 0.3) is 0 Å². The van der Waals surface area contributed by atoms with Crippen LogP contribution in [0.4, 0.5) is 0 Å². The molecular formula is C18H21ClO2. The average molecular weight is 305 g/mol. The van der Waals surface area contributed by atoms with Crippen molar-refractivity contribution in [2.24, 2.45) is 0 Å². The first-order chi connectivity index (χ1) is 9.93. The molecule has 0 spiro atoms. The topological polar surface area (TPSA) is 29.5 Å². The maximum absolute atomic E-state index is 10.6. The van der Waals surface area contributed by atoms with Gasteiger partial charge in [0.2, 0.25) is 0 Å². The van der Waals surface area contributed by atoms with Crippen molar-refractivity contribution < 1.29 is 9.84 Å². The number of aliphatic hydroxyl groups excluding tert-OH is 1. The lowest BCUT2D eigenvalue weighted by Gasteiger charge is -2.19. The molecule has 0 heterocycles. The lowest BCUT2D eigenvalue weighted by atomic mass is 9.92. The molecule has 0 fully saturated rings. The third kappa shape index (κ3) is 3.39. The second kappa shape index (κ2) is 6.50. The van der Waals surface area contributed by atoms with Gasteiger partial charge in [-0.2, -0.15) is 0 Å². The van der Waals surface area contributed by atoms with Gasteiger partial charge in [0.05, 0.1) is 18.2 Å². The molecule has 2 aromatic carbocycles. The zero-order valence-electron chi connectivity index (χ0n) is 12.9. The third-order valence-corrected chi connectivity index (χ3v) is 4.13. The Morgan fingerprint density at radius 3 is 2.33 bits per heavy atom. The van der Waals surface area contributed by atoms with Gasteiger partial charge in [-0.1, -0.05) is 35.4 Å². The highest BCUT2D eigenvalue weighted by atomic mass is 35.5. The Labute approximate surface area is 131 Å². The van der Waals surface area contributed by atoms with Gasteiger partial charge in [0, 0.05) is 12.0 Å². The molecule has 1 atom stereocenters. The fraction of sp³-hybridized carbons (Fsp3) is 0.333. The molecule has 2 rings (SSSR count). The molecule has 0 aliphatic carbocycles. The van der Waals surface area contributed by atoms with Crippen molar-refractivity contribution in [2.45, 2.75) is 33.3 Å². The molecule has 0 aliphatic heterocycles. The first-order valence-electron chi connectivity index (χ1n) is 7.01. The summed E-state index contributed by atoms with van der Waals surface area (Å²) in [4.78, 5) is 0. The van der Waals surface area contributed by atoms with Crippen molar-refractivity contribution in [2.75, 3.05) is 7.11 Å². The zero-order chi connectivity index (χ0) is 15.6. The van der Waals surface area contributed by atoms with Crippen LogP contribution in [0.3, 0.4) is 0 Å². The van der Waals surface area contributed by atoms with Crippen LogP contribution in [0.5, 0.6) is 5.75 Å². The molecule has 2 aromatic rings. The first kappa shape index (κ1) is 15.9. The van der Waals surface area contributed by atoms with Crippen molar-refractivity contribution in [1.29, 1.82) is 0 Å². The van der Waals surface area contributed by atoms with E-state index in [1.54, 1.807) is 13.2 Å². The maximum Gasteiger partial charge on any atom is 0.126 e. The molecule has 21 heavy (non-hydrogen) atoms. The Kier molecular flexibility index (Phi) is 4.92. The highest BCUT2D eigenvalue weighted by molar-refractivity contribution is 6.31. The van der Waals surface area contributed by atoms with Crippen molar-refractivity contribution >= 4 is 11.6 Å². The van der Waals surface area contributed by atoms with E-state index < -0.39 is 6.10 Å². The number of rotatable bonds is 4. The Balaban J connectivity index is 2.37. The SMILES string of the molecule is COc1cccc(Cl)c1C(O)Cc1c(C)cc(C)cc1C. The number of hydrogen-bond acceptors (Lipinski definition) is 2. The standard InChI is InChI=1S/C18H21ClO2/c1-11-8-12(2)14(13(3)9-11)10-16(20)18-15(19)6-5-7-17(18)21-4/h5-9,16,20H,10H2,1-4H3. The maximum atomic E-state index is 10.6. The molecule has 1 unspecified atom stereocenters. The van der Waals surface area contributed by atoms with Crippen LogP contribution < -0.4 is 4.74 Å². The highest BCUT2D eigenvalue weighted by Gasteiger charge is 2.19. The van der Waals surface area contributed by atoms with Gasteiger partial charge in [-0.25, -0.2) is 0 Å². The second-order valence-electron chi connectivity index (χ2n) is 5.45. The minimum atomic E-state index is -0.686. The van der Waals surface area contributed by atoms with E-state index in [1.165, 1.54) is 16.7 Å². The summed E-state index contributed by atoms with van der Waals surface area (Å²) in [6, 6.07) is 9.69. The molecule has 2 nitrogen and oxygen atoms in total. The van der Waals surface area contributed by atoms with Crippen LogP contribution in [-0.4, -0.2) is 12.2 Å². The van der Waals surface area contributed by atoms with E-state index in [-0.39, 0.29) is 0 Å². The molecule has 0 saturated carbocycles. The van der Waals surface area contributed by atoms with Gasteiger partial charge in [0.15, 0.2) is 0 Å². The summed E-state index contributed by atoms with van der Waals surface area (Å²) < 4.78 is 5.32. The summed E-state index contributed by atoms with van der Waals surface area (Å²) in [5, 5.41) is 11.2. The van der Waals surface area contributed by atoms with Crippen LogP contribution in [0, 0.1) is 20.8 Å². The summed E-state index contributed by atoms with van der Waals surface area (Å²) >= 11 is 6.23. The number of methoxy groups -OCH3 is 1. The van der Waals surface area contributed by atoms with E-state index in [4.69, 9.17) is 16.3 Å². The molecule has 0 aromatic heterocycles. The number of hydrogen-bond donors (Lipinski definition) is 1. The van der Waals surface area contributed by atoms with Crippen LogP contribution in [-0.2, 0) is 6.42 Å². The fourth-order valence-corrected chi connectivity index (χ4v) is 3.14. The third-order valence-electron chi connectivity index (χ3n) is 3.80. The minimum absolute atomic E-state index is 0.526.